The van der Waals surface area contributed by atoms with Crippen LogP contribution in [0.5, 0.6) is 0 Å². The van der Waals surface area contributed by atoms with E-state index in [1.54, 1.807) is 0 Å². The van der Waals surface area contributed by atoms with Crippen LogP contribution in [-0.2, 0) is 9.53 Å². The number of aromatic nitrogens is 3. The molecule has 0 aliphatic carbocycles. The Morgan fingerprint density at radius 2 is 1.84 bits per heavy atom. The predicted molar refractivity (Wildman–Crippen MR) is 144 cm³/mol. The highest BCUT2D eigenvalue weighted by Crippen LogP contribution is 2.35. The summed E-state index contributed by atoms with van der Waals surface area (Å²) in [6.45, 7) is 9.03. The first-order valence-electron chi connectivity index (χ1n) is 12.6. The fourth-order valence-electron chi connectivity index (χ4n) is 4.52. The summed E-state index contributed by atoms with van der Waals surface area (Å²) in [5, 5.41) is 12.9. The molecule has 0 saturated heterocycles. The largest absolute Gasteiger partial charge is 0.480 e. The molecule has 0 aliphatic rings. The number of benzene rings is 2. The van der Waals surface area contributed by atoms with Crippen LogP contribution in [0.15, 0.2) is 59.5 Å². The van der Waals surface area contributed by atoms with Crippen LogP contribution in [0, 0.1) is 27.7 Å². The van der Waals surface area contributed by atoms with Crippen LogP contribution >= 0.6 is 0 Å². The Balaban J connectivity index is 1.59. The summed E-state index contributed by atoms with van der Waals surface area (Å²) in [5.74, 6) is -0.130. The van der Waals surface area contributed by atoms with Crippen molar-refractivity contribution < 1.29 is 19.2 Å². The van der Waals surface area contributed by atoms with Crippen molar-refractivity contribution in [2.45, 2.75) is 47.0 Å². The van der Waals surface area contributed by atoms with E-state index < -0.39 is 5.97 Å². The van der Waals surface area contributed by atoms with E-state index in [1.165, 1.54) is 5.56 Å². The van der Waals surface area contributed by atoms with E-state index in [-0.39, 0.29) is 6.61 Å². The van der Waals surface area contributed by atoms with Gasteiger partial charge in [-0.1, -0.05) is 17.3 Å². The molecule has 0 spiro atoms. The van der Waals surface area contributed by atoms with E-state index in [0.717, 1.165) is 71.1 Å². The first-order chi connectivity index (χ1) is 17.8. The maximum atomic E-state index is 10.6. The second kappa shape index (κ2) is 11.9. The second-order valence-electron chi connectivity index (χ2n) is 9.30. The second-order valence-corrected chi connectivity index (χ2v) is 9.30. The Hall–Kier alpha value is -3.91. The van der Waals surface area contributed by atoms with E-state index in [9.17, 15) is 4.79 Å². The van der Waals surface area contributed by atoms with Crippen LogP contribution in [0.2, 0.25) is 0 Å². The Morgan fingerprint density at radius 1 is 1.05 bits per heavy atom. The minimum absolute atomic E-state index is 0.247. The molecule has 8 heteroatoms. The van der Waals surface area contributed by atoms with E-state index in [0.29, 0.717) is 6.61 Å². The molecule has 2 aromatic carbocycles. The number of unbranched alkanes of at least 4 members (excludes halogenated alkanes) is 2. The number of carboxylic acid groups (broad SMARTS) is 1. The number of nitrogens with zero attached hydrogens (tertiary/aromatic N) is 4. The van der Waals surface area contributed by atoms with Crippen molar-refractivity contribution in [1.29, 1.82) is 0 Å². The van der Waals surface area contributed by atoms with E-state index in [1.807, 2.05) is 37.9 Å². The number of aryl methyl sites for hydroxylation is 4. The number of hydrogen-bond donors (Lipinski definition) is 1. The molecule has 4 aromatic rings. The number of hydrogen-bond acceptors (Lipinski definition) is 6. The number of rotatable bonds is 12. The standard InChI is InChI=1S/C29H34N4O4/c1-20-8-9-24(29-22(3)31-37-23(29)4)16-27(20)33(14-6-5-7-15-36-18-28(34)35)26-12-10-25(11-13-26)32-17-21(2)30-19-32/h8-13,16-17,19H,5-7,14-15,18H2,1-4H3,(H,34,35). The lowest BCUT2D eigenvalue weighted by Crippen LogP contribution is -2.20. The van der Waals surface area contributed by atoms with Crippen molar-refractivity contribution in [2.24, 2.45) is 0 Å². The van der Waals surface area contributed by atoms with Gasteiger partial charge >= 0.3 is 5.97 Å². The van der Waals surface area contributed by atoms with Gasteiger partial charge in [-0.2, -0.15) is 0 Å². The van der Waals surface area contributed by atoms with Crippen LogP contribution in [-0.4, -0.2) is 45.5 Å². The zero-order valence-electron chi connectivity index (χ0n) is 21.9. The zero-order chi connectivity index (χ0) is 26.4. The summed E-state index contributed by atoms with van der Waals surface area (Å²) in [5.41, 5.74) is 8.42. The summed E-state index contributed by atoms with van der Waals surface area (Å²) in [6, 6.07) is 15.0. The molecule has 37 heavy (non-hydrogen) atoms. The van der Waals surface area contributed by atoms with E-state index in [4.69, 9.17) is 14.4 Å². The molecule has 0 bridgehead atoms. The van der Waals surface area contributed by atoms with Crippen molar-refractivity contribution in [2.75, 3.05) is 24.7 Å². The number of ether oxygens (including phenoxy) is 1. The molecule has 0 aliphatic heterocycles. The molecular weight excluding hydrogens is 468 g/mol. The SMILES string of the molecule is Cc1cn(-c2ccc(N(CCCCCOCC(=O)O)c3cc(-c4c(C)noc4C)ccc3C)cc2)cn1. The fourth-order valence-corrected chi connectivity index (χ4v) is 4.52. The highest BCUT2D eigenvalue weighted by atomic mass is 16.5. The molecule has 4 rings (SSSR count). The summed E-state index contributed by atoms with van der Waals surface area (Å²) in [4.78, 5) is 17.3. The maximum absolute atomic E-state index is 10.6. The highest BCUT2D eigenvalue weighted by Gasteiger charge is 2.17. The molecule has 8 nitrogen and oxygen atoms in total. The van der Waals surface area contributed by atoms with Gasteiger partial charge in [-0.3, -0.25) is 0 Å². The lowest BCUT2D eigenvalue weighted by molar-refractivity contribution is -0.142. The van der Waals surface area contributed by atoms with Crippen LogP contribution in [0.4, 0.5) is 11.4 Å². The quantitative estimate of drug-likeness (QED) is 0.232. The maximum Gasteiger partial charge on any atom is 0.329 e. The van der Waals surface area contributed by atoms with Gasteiger partial charge in [-0.25, -0.2) is 9.78 Å². The average molecular weight is 503 g/mol. The molecule has 0 atom stereocenters. The first-order valence-corrected chi connectivity index (χ1v) is 12.6. The summed E-state index contributed by atoms with van der Waals surface area (Å²) in [6.07, 6.45) is 6.53. The molecular formula is C29H34N4O4. The monoisotopic (exact) mass is 502 g/mol. The van der Waals surface area contributed by atoms with Crippen LogP contribution in [0.3, 0.4) is 0 Å². The third kappa shape index (κ3) is 6.46. The molecule has 194 valence electrons. The van der Waals surface area contributed by atoms with E-state index >= 15 is 0 Å². The Kier molecular flexibility index (Phi) is 8.40. The highest BCUT2D eigenvalue weighted by molar-refractivity contribution is 5.76. The van der Waals surface area contributed by atoms with Crippen molar-refractivity contribution in [3.8, 4) is 16.8 Å². The van der Waals surface area contributed by atoms with Gasteiger partial charge in [0.15, 0.2) is 0 Å². The van der Waals surface area contributed by atoms with Gasteiger partial charge in [0.1, 0.15) is 12.4 Å². The van der Waals surface area contributed by atoms with Crippen molar-refractivity contribution in [3.63, 3.8) is 0 Å². The van der Waals surface area contributed by atoms with Crippen molar-refractivity contribution in [1.82, 2.24) is 14.7 Å². The van der Waals surface area contributed by atoms with Gasteiger partial charge in [-0.15, -0.1) is 0 Å². The van der Waals surface area contributed by atoms with Crippen LogP contribution in [0.25, 0.3) is 16.8 Å². The smallest absolute Gasteiger partial charge is 0.329 e. The molecule has 2 aromatic heterocycles. The predicted octanol–water partition coefficient (Wildman–Crippen LogP) is 6.17. The molecule has 0 saturated carbocycles. The van der Waals surface area contributed by atoms with Gasteiger partial charge in [0.25, 0.3) is 0 Å². The van der Waals surface area contributed by atoms with Gasteiger partial charge in [-0.05, 0) is 88.4 Å². The Morgan fingerprint density at radius 3 is 2.49 bits per heavy atom. The Labute approximate surface area is 217 Å². The van der Waals surface area contributed by atoms with Crippen LogP contribution in [0.1, 0.15) is 42.0 Å². The van der Waals surface area contributed by atoms with Gasteiger partial charge < -0.3 is 23.8 Å². The molecule has 0 amide bonds. The zero-order valence-corrected chi connectivity index (χ0v) is 21.9. The fraction of sp³-hybridized carbons (Fsp3) is 0.345. The van der Waals surface area contributed by atoms with Crippen molar-refractivity contribution in [3.05, 3.63) is 77.7 Å². The summed E-state index contributed by atoms with van der Waals surface area (Å²) < 4.78 is 12.6. The molecule has 1 N–H and O–H groups in total. The molecule has 2 heterocycles. The number of carboxylic acids is 1. The average Bonchev–Trinajstić information content (AvgIpc) is 3.46. The summed E-state index contributed by atoms with van der Waals surface area (Å²) in [7, 11) is 0. The van der Waals surface area contributed by atoms with E-state index in [2.05, 4.69) is 64.4 Å². The van der Waals surface area contributed by atoms with Gasteiger partial charge in [0, 0.05) is 42.0 Å². The molecule has 0 unspecified atom stereocenters. The number of anilines is 2. The molecule has 0 radical (unpaired) electrons. The van der Waals surface area contributed by atoms with Crippen molar-refractivity contribution >= 4 is 17.3 Å². The topological polar surface area (TPSA) is 93.6 Å². The first kappa shape index (κ1) is 26.2. The van der Waals surface area contributed by atoms with Gasteiger partial charge in [0.2, 0.25) is 0 Å². The summed E-state index contributed by atoms with van der Waals surface area (Å²) >= 11 is 0. The minimum Gasteiger partial charge on any atom is -0.480 e. The number of aliphatic carboxylic acids is 1. The molecule has 0 fully saturated rings. The normalized spacial score (nSPS) is 11.1. The third-order valence-corrected chi connectivity index (χ3v) is 6.39. The minimum atomic E-state index is -0.936. The van der Waals surface area contributed by atoms with Crippen LogP contribution < -0.4 is 4.90 Å². The van der Waals surface area contributed by atoms with Gasteiger partial charge in [0.05, 0.1) is 17.7 Å². The Bertz CT molecular complexity index is 1320. The third-order valence-electron chi connectivity index (χ3n) is 6.39. The lowest BCUT2D eigenvalue weighted by atomic mass is 10.0. The lowest BCUT2D eigenvalue weighted by Gasteiger charge is -2.28. The number of imidazole rings is 1. The number of carbonyl (C=O) groups is 1.